The van der Waals surface area contributed by atoms with E-state index in [2.05, 4.69) is 104 Å². The Hall–Kier alpha value is -2.21. The molecule has 0 aliphatic heterocycles. The topological polar surface area (TPSA) is 30.0 Å². The van der Waals surface area contributed by atoms with Gasteiger partial charge in [0.1, 0.15) is 23.2 Å². The Morgan fingerprint density at radius 1 is 0.609 bits per heavy atom. The molecule has 0 radical (unpaired) electrons. The van der Waals surface area contributed by atoms with Crippen LogP contribution in [0.5, 0.6) is 0 Å². The van der Waals surface area contributed by atoms with E-state index < -0.39 is 7.26 Å². The molecule has 0 saturated carbocycles. The summed E-state index contributed by atoms with van der Waals surface area (Å²) in [6.07, 6.45) is 3.05. The standard InChI is InChI=1S/C21H20P.H2O/c1-2-18-22(19-12-6-3-7-13-19,20-14-8-4-9-15-20)21-16-10-5-11-17-21;/h2-17H,1,18H2;1H2/q+1;/p-1. The minimum atomic E-state index is -1.67. The summed E-state index contributed by atoms with van der Waals surface area (Å²) in [5.74, 6) is 0. The highest BCUT2D eigenvalue weighted by atomic mass is 31.2. The maximum absolute atomic E-state index is 4.05. The molecule has 0 spiro atoms. The van der Waals surface area contributed by atoms with Crippen LogP contribution < -0.4 is 15.9 Å². The van der Waals surface area contributed by atoms with Crippen LogP contribution in [0.2, 0.25) is 0 Å². The molecule has 3 aromatic rings. The van der Waals surface area contributed by atoms with E-state index in [1.165, 1.54) is 15.9 Å². The third-order valence-corrected chi connectivity index (χ3v) is 8.34. The van der Waals surface area contributed by atoms with Gasteiger partial charge in [-0.15, -0.1) is 0 Å². The van der Waals surface area contributed by atoms with Crippen molar-refractivity contribution in [2.45, 2.75) is 0 Å². The molecule has 3 rings (SSSR count). The zero-order valence-corrected chi connectivity index (χ0v) is 13.9. The van der Waals surface area contributed by atoms with E-state index in [1.807, 2.05) is 0 Å². The SMILES string of the molecule is C=CC[P+](c1ccccc1)(c1ccccc1)c1ccccc1.[OH-]. The fourth-order valence-corrected chi connectivity index (χ4v) is 6.96. The Balaban J connectivity index is 0.00000192. The van der Waals surface area contributed by atoms with Gasteiger partial charge in [-0.1, -0.05) is 67.3 Å². The molecule has 0 aliphatic rings. The van der Waals surface area contributed by atoms with Gasteiger partial charge >= 0.3 is 0 Å². The van der Waals surface area contributed by atoms with Crippen LogP contribution >= 0.6 is 7.26 Å². The first-order valence-corrected chi connectivity index (χ1v) is 9.51. The smallest absolute Gasteiger partial charge is 0.115 e. The monoisotopic (exact) mass is 320 g/mol. The van der Waals surface area contributed by atoms with Crippen LogP contribution in [0.1, 0.15) is 0 Å². The highest BCUT2D eigenvalue weighted by Crippen LogP contribution is 2.55. The molecule has 3 aromatic carbocycles. The van der Waals surface area contributed by atoms with E-state index in [1.54, 1.807) is 0 Å². The summed E-state index contributed by atoms with van der Waals surface area (Å²) in [5.41, 5.74) is 0. The molecule has 0 aromatic heterocycles. The van der Waals surface area contributed by atoms with Crippen molar-refractivity contribution >= 4 is 23.2 Å². The van der Waals surface area contributed by atoms with E-state index in [4.69, 9.17) is 0 Å². The summed E-state index contributed by atoms with van der Waals surface area (Å²) in [5, 5.41) is 4.23. The van der Waals surface area contributed by atoms with Crippen molar-refractivity contribution in [3.63, 3.8) is 0 Å². The second-order valence-electron chi connectivity index (χ2n) is 5.29. The molecule has 0 saturated heterocycles. The van der Waals surface area contributed by atoms with Gasteiger partial charge in [-0.05, 0) is 36.4 Å². The quantitative estimate of drug-likeness (QED) is 0.516. The second kappa shape index (κ2) is 7.87. The summed E-state index contributed by atoms with van der Waals surface area (Å²) >= 11 is 0. The van der Waals surface area contributed by atoms with Crippen LogP contribution in [0.3, 0.4) is 0 Å². The lowest BCUT2D eigenvalue weighted by molar-refractivity contribution is 0.824. The molecular weight excluding hydrogens is 299 g/mol. The number of benzene rings is 3. The fourth-order valence-electron chi connectivity index (χ4n) is 3.00. The molecule has 0 bridgehead atoms. The lowest BCUT2D eigenvalue weighted by Crippen LogP contribution is -2.32. The lowest BCUT2D eigenvalue weighted by atomic mass is 10.4. The van der Waals surface area contributed by atoms with E-state index in [9.17, 15) is 0 Å². The largest absolute Gasteiger partial charge is 0.870 e. The van der Waals surface area contributed by atoms with Crippen LogP contribution in [-0.2, 0) is 0 Å². The first-order valence-electron chi connectivity index (χ1n) is 7.54. The third kappa shape index (κ3) is 3.27. The molecule has 0 fully saturated rings. The third-order valence-electron chi connectivity index (χ3n) is 3.99. The number of allylic oxidation sites excluding steroid dienone is 1. The summed E-state index contributed by atoms with van der Waals surface area (Å²) in [6, 6.07) is 32.7. The van der Waals surface area contributed by atoms with Gasteiger partial charge in [0.05, 0.1) is 6.16 Å². The van der Waals surface area contributed by atoms with Crippen molar-refractivity contribution in [2.24, 2.45) is 0 Å². The molecule has 1 N–H and O–H groups in total. The van der Waals surface area contributed by atoms with Crippen LogP contribution in [0, 0.1) is 0 Å². The van der Waals surface area contributed by atoms with Crippen molar-refractivity contribution < 1.29 is 5.48 Å². The minimum absolute atomic E-state index is 0. The van der Waals surface area contributed by atoms with Crippen LogP contribution in [-0.4, -0.2) is 11.6 Å². The van der Waals surface area contributed by atoms with E-state index in [-0.39, 0.29) is 5.48 Å². The first kappa shape index (κ1) is 17.1. The number of rotatable bonds is 5. The van der Waals surface area contributed by atoms with Crippen molar-refractivity contribution in [3.05, 3.63) is 104 Å². The van der Waals surface area contributed by atoms with Crippen LogP contribution in [0.4, 0.5) is 0 Å². The van der Waals surface area contributed by atoms with Gasteiger partial charge in [-0.25, -0.2) is 0 Å². The van der Waals surface area contributed by atoms with E-state index in [0.29, 0.717) is 0 Å². The van der Waals surface area contributed by atoms with Gasteiger partial charge in [0.25, 0.3) is 0 Å². The summed E-state index contributed by atoms with van der Waals surface area (Å²) in [4.78, 5) is 0. The Morgan fingerprint density at radius 2 is 0.913 bits per heavy atom. The van der Waals surface area contributed by atoms with Crippen LogP contribution in [0.15, 0.2) is 104 Å². The van der Waals surface area contributed by atoms with Crippen molar-refractivity contribution in [1.29, 1.82) is 0 Å². The summed E-state index contributed by atoms with van der Waals surface area (Å²) in [7, 11) is -1.67. The second-order valence-corrected chi connectivity index (χ2v) is 8.82. The molecule has 0 atom stereocenters. The molecule has 0 unspecified atom stereocenters. The van der Waals surface area contributed by atoms with Gasteiger partial charge in [0.2, 0.25) is 0 Å². The van der Waals surface area contributed by atoms with Gasteiger partial charge in [0.15, 0.2) is 0 Å². The average Bonchev–Trinajstić information content (AvgIpc) is 2.62. The highest BCUT2D eigenvalue weighted by molar-refractivity contribution is 7.95. The molecule has 0 heterocycles. The summed E-state index contributed by atoms with van der Waals surface area (Å²) < 4.78 is 0. The Labute approximate surface area is 139 Å². The normalized spacial score (nSPS) is 10.6. The molecule has 0 amide bonds. The van der Waals surface area contributed by atoms with Gasteiger partial charge in [-0.2, -0.15) is 0 Å². The van der Waals surface area contributed by atoms with Gasteiger partial charge in [0, 0.05) is 0 Å². The molecule has 1 nitrogen and oxygen atoms in total. The van der Waals surface area contributed by atoms with Crippen molar-refractivity contribution in [3.8, 4) is 0 Å². The zero-order valence-electron chi connectivity index (χ0n) is 13.0. The van der Waals surface area contributed by atoms with Gasteiger partial charge < -0.3 is 5.48 Å². The average molecular weight is 320 g/mol. The number of hydrogen-bond acceptors (Lipinski definition) is 1. The predicted molar refractivity (Wildman–Crippen MR) is 102 cm³/mol. The minimum Gasteiger partial charge on any atom is -0.870 e. The maximum Gasteiger partial charge on any atom is 0.115 e. The van der Waals surface area contributed by atoms with E-state index >= 15 is 0 Å². The Morgan fingerprint density at radius 3 is 1.17 bits per heavy atom. The Kier molecular flexibility index (Phi) is 5.87. The molecule has 2 heteroatoms. The maximum atomic E-state index is 4.05. The lowest BCUT2D eigenvalue weighted by Gasteiger charge is -2.26. The predicted octanol–water partition coefficient (Wildman–Crippen LogP) is 3.99. The molecular formula is C21H21OP. The van der Waals surface area contributed by atoms with Crippen LogP contribution in [0.25, 0.3) is 0 Å². The van der Waals surface area contributed by atoms with Gasteiger partial charge in [-0.3, -0.25) is 0 Å². The number of hydrogen-bond donors (Lipinski definition) is 0. The fraction of sp³-hybridized carbons (Fsp3) is 0.0476. The first-order chi connectivity index (χ1) is 10.9. The Bertz CT molecular complexity index is 627. The van der Waals surface area contributed by atoms with E-state index in [0.717, 1.165) is 6.16 Å². The molecule has 23 heavy (non-hydrogen) atoms. The molecule has 0 aliphatic carbocycles. The molecule has 116 valence electrons. The summed E-state index contributed by atoms with van der Waals surface area (Å²) in [6.45, 7) is 4.05. The van der Waals surface area contributed by atoms with Crippen molar-refractivity contribution in [2.75, 3.05) is 6.16 Å². The van der Waals surface area contributed by atoms with Crippen molar-refractivity contribution in [1.82, 2.24) is 0 Å². The highest BCUT2D eigenvalue weighted by Gasteiger charge is 2.43. The zero-order chi connectivity index (χ0) is 15.3.